The Bertz CT molecular complexity index is 1190. The van der Waals surface area contributed by atoms with Crippen molar-refractivity contribution in [2.75, 3.05) is 34.5 Å². The fourth-order valence-electron chi connectivity index (χ4n) is 3.29. The maximum atomic E-state index is 12.8. The molecule has 0 radical (unpaired) electrons. The van der Waals surface area contributed by atoms with Crippen LogP contribution in [0.1, 0.15) is 34.6 Å². The summed E-state index contributed by atoms with van der Waals surface area (Å²) >= 11 is 1.39. The molecular weight excluding hydrogens is 460 g/mol. The standard InChI is InChI=1S/C24H26N2O7S/c1-6-32-19-9-8-14(12-20(19)33-7-2)22-25-18(13-34-22)15-10-16(23(27)26(3)31-5)21(30-4)17(11-15)24(28)29/h8-13H,6-7H2,1-5H3,(H,28,29). The summed E-state index contributed by atoms with van der Waals surface area (Å²) in [5.74, 6) is -0.556. The van der Waals surface area contributed by atoms with Crippen molar-refractivity contribution in [3.8, 4) is 39.1 Å². The number of hydrogen-bond acceptors (Lipinski definition) is 8. The van der Waals surface area contributed by atoms with Gasteiger partial charge in [-0.25, -0.2) is 14.8 Å². The van der Waals surface area contributed by atoms with Crippen molar-refractivity contribution in [3.05, 3.63) is 46.8 Å². The van der Waals surface area contributed by atoms with Crippen molar-refractivity contribution in [1.29, 1.82) is 0 Å². The summed E-state index contributed by atoms with van der Waals surface area (Å²) < 4.78 is 16.6. The Balaban J connectivity index is 2.08. The predicted octanol–water partition coefficient (Wildman–Crippen LogP) is 4.61. The number of carboxylic acids is 1. The van der Waals surface area contributed by atoms with Crippen LogP contribution in [0, 0.1) is 0 Å². The van der Waals surface area contributed by atoms with Gasteiger partial charge in [-0.2, -0.15) is 0 Å². The fourth-order valence-corrected chi connectivity index (χ4v) is 4.12. The van der Waals surface area contributed by atoms with Gasteiger partial charge in [-0.1, -0.05) is 0 Å². The Hall–Kier alpha value is -3.63. The highest BCUT2D eigenvalue weighted by Gasteiger charge is 2.25. The van der Waals surface area contributed by atoms with Gasteiger partial charge in [0, 0.05) is 23.6 Å². The van der Waals surface area contributed by atoms with Crippen LogP contribution in [0.3, 0.4) is 0 Å². The first kappa shape index (κ1) is 25.0. The molecule has 0 aliphatic rings. The number of benzene rings is 2. The number of aromatic nitrogens is 1. The van der Waals surface area contributed by atoms with Gasteiger partial charge in [-0.3, -0.25) is 9.63 Å². The Morgan fingerprint density at radius 2 is 1.68 bits per heavy atom. The summed E-state index contributed by atoms with van der Waals surface area (Å²) in [6.45, 7) is 4.81. The van der Waals surface area contributed by atoms with Gasteiger partial charge >= 0.3 is 5.97 Å². The molecule has 0 bridgehead atoms. The quantitative estimate of drug-likeness (QED) is 0.414. The highest BCUT2D eigenvalue weighted by molar-refractivity contribution is 7.13. The van der Waals surface area contributed by atoms with Gasteiger partial charge in [-0.05, 0) is 44.2 Å². The lowest BCUT2D eigenvalue weighted by molar-refractivity contribution is -0.0758. The van der Waals surface area contributed by atoms with E-state index in [0.29, 0.717) is 41.0 Å². The second-order valence-electron chi connectivity index (χ2n) is 6.96. The number of methoxy groups -OCH3 is 1. The van der Waals surface area contributed by atoms with Crippen molar-refractivity contribution < 1.29 is 33.7 Å². The summed E-state index contributed by atoms with van der Waals surface area (Å²) in [5, 5.41) is 13.2. The molecule has 1 N–H and O–H groups in total. The number of aromatic carboxylic acids is 1. The van der Waals surface area contributed by atoms with E-state index in [1.54, 1.807) is 11.4 Å². The Morgan fingerprint density at radius 3 is 2.29 bits per heavy atom. The van der Waals surface area contributed by atoms with E-state index in [4.69, 9.17) is 19.0 Å². The number of rotatable bonds is 10. The largest absolute Gasteiger partial charge is 0.495 e. The van der Waals surface area contributed by atoms with Gasteiger partial charge < -0.3 is 19.3 Å². The van der Waals surface area contributed by atoms with E-state index in [1.807, 2.05) is 32.0 Å². The van der Waals surface area contributed by atoms with Crippen LogP contribution < -0.4 is 14.2 Å². The molecule has 1 aromatic heterocycles. The lowest BCUT2D eigenvalue weighted by Gasteiger charge is -2.17. The molecule has 180 valence electrons. The molecule has 0 saturated heterocycles. The third kappa shape index (κ3) is 5.13. The highest BCUT2D eigenvalue weighted by Crippen LogP contribution is 2.37. The minimum absolute atomic E-state index is 0.0477. The van der Waals surface area contributed by atoms with E-state index in [-0.39, 0.29) is 16.9 Å². The topological polar surface area (TPSA) is 107 Å². The number of amides is 1. The molecule has 34 heavy (non-hydrogen) atoms. The van der Waals surface area contributed by atoms with Crippen molar-refractivity contribution in [1.82, 2.24) is 10.0 Å². The molecule has 3 aromatic rings. The maximum absolute atomic E-state index is 12.8. The summed E-state index contributed by atoms with van der Waals surface area (Å²) in [5.41, 5.74) is 1.71. The zero-order valence-corrected chi connectivity index (χ0v) is 20.4. The lowest BCUT2D eigenvalue weighted by atomic mass is 10.0. The summed E-state index contributed by atoms with van der Waals surface area (Å²) in [7, 11) is 4.08. The zero-order chi connectivity index (χ0) is 24.8. The number of hydrogen-bond donors (Lipinski definition) is 1. The Morgan fingerprint density at radius 1 is 1.00 bits per heavy atom. The molecule has 0 fully saturated rings. The van der Waals surface area contributed by atoms with Crippen LogP contribution >= 0.6 is 11.3 Å². The van der Waals surface area contributed by atoms with Gasteiger partial charge in [0.2, 0.25) is 0 Å². The molecule has 0 aliphatic carbocycles. The SMILES string of the molecule is CCOc1ccc(-c2nc(-c3cc(C(=O)O)c(OC)c(C(=O)N(C)OC)c3)cs2)cc1OCC. The molecule has 3 rings (SSSR count). The number of nitrogens with zero attached hydrogens (tertiary/aromatic N) is 2. The molecule has 0 spiro atoms. The first-order chi connectivity index (χ1) is 16.3. The molecule has 9 nitrogen and oxygen atoms in total. The van der Waals surface area contributed by atoms with Crippen LogP contribution in [0.2, 0.25) is 0 Å². The number of hydroxylamine groups is 2. The van der Waals surface area contributed by atoms with Crippen LogP contribution in [0.25, 0.3) is 21.8 Å². The van der Waals surface area contributed by atoms with E-state index in [1.165, 1.54) is 38.7 Å². The van der Waals surface area contributed by atoms with E-state index < -0.39 is 11.9 Å². The molecule has 10 heteroatoms. The van der Waals surface area contributed by atoms with E-state index in [0.717, 1.165) is 10.6 Å². The monoisotopic (exact) mass is 486 g/mol. The summed E-state index contributed by atoms with van der Waals surface area (Å²) in [4.78, 5) is 34.4. The van der Waals surface area contributed by atoms with Crippen molar-refractivity contribution in [3.63, 3.8) is 0 Å². The fraction of sp³-hybridized carbons (Fsp3) is 0.292. The van der Waals surface area contributed by atoms with Crippen LogP contribution in [0.5, 0.6) is 17.2 Å². The minimum Gasteiger partial charge on any atom is -0.495 e. The third-order valence-corrected chi connectivity index (χ3v) is 5.80. The highest BCUT2D eigenvalue weighted by atomic mass is 32.1. The predicted molar refractivity (Wildman–Crippen MR) is 128 cm³/mol. The summed E-state index contributed by atoms with van der Waals surface area (Å²) in [6.07, 6.45) is 0. The zero-order valence-electron chi connectivity index (χ0n) is 19.6. The van der Waals surface area contributed by atoms with Crippen LogP contribution in [-0.2, 0) is 4.84 Å². The van der Waals surface area contributed by atoms with Crippen molar-refractivity contribution in [2.45, 2.75) is 13.8 Å². The number of thiazole rings is 1. The van der Waals surface area contributed by atoms with E-state index in [9.17, 15) is 14.7 Å². The molecule has 1 amide bonds. The molecule has 0 aliphatic heterocycles. The minimum atomic E-state index is -1.23. The second kappa shape index (κ2) is 11.0. The van der Waals surface area contributed by atoms with Gasteiger partial charge in [0.25, 0.3) is 5.91 Å². The maximum Gasteiger partial charge on any atom is 0.339 e. The number of carboxylic acid groups (broad SMARTS) is 1. The van der Waals surface area contributed by atoms with Crippen LogP contribution in [0.4, 0.5) is 0 Å². The molecule has 0 atom stereocenters. The number of carbonyl (C=O) groups is 2. The molecule has 0 unspecified atom stereocenters. The number of carbonyl (C=O) groups excluding carboxylic acids is 1. The average Bonchev–Trinajstić information content (AvgIpc) is 3.33. The molecular formula is C24H26N2O7S. The Labute approximate surface area is 201 Å². The molecule has 0 saturated carbocycles. The van der Waals surface area contributed by atoms with Crippen LogP contribution in [0.15, 0.2) is 35.7 Å². The van der Waals surface area contributed by atoms with Gasteiger partial charge in [-0.15, -0.1) is 11.3 Å². The third-order valence-electron chi connectivity index (χ3n) is 4.90. The Kier molecular flexibility index (Phi) is 8.08. The summed E-state index contributed by atoms with van der Waals surface area (Å²) in [6, 6.07) is 8.56. The van der Waals surface area contributed by atoms with Crippen molar-refractivity contribution >= 4 is 23.2 Å². The van der Waals surface area contributed by atoms with Gasteiger partial charge in [0.15, 0.2) is 11.5 Å². The lowest BCUT2D eigenvalue weighted by Crippen LogP contribution is -2.26. The molecule has 1 heterocycles. The van der Waals surface area contributed by atoms with Crippen molar-refractivity contribution in [2.24, 2.45) is 0 Å². The number of ether oxygens (including phenoxy) is 3. The van der Waals surface area contributed by atoms with Crippen LogP contribution in [-0.4, -0.2) is 61.5 Å². The average molecular weight is 487 g/mol. The normalized spacial score (nSPS) is 10.6. The first-order valence-electron chi connectivity index (χ1n) is 10.5. The van der Waals surface area contributed by atoms with Gasteiger partial charge in [0.05, 0.1) is 38.7 Å². The second-order valence-corrected chi connectivity index (χ2v) is 7.82. The van der Waals surface area contributed by atoms with E-state index >= 15 is 0 Å². The first-order valence-corrected chi connectivity index (χ1v) is 11.4. The smallest absolute Gasteiger partial charge is 0.339 e. The van der Waals surface area contributed by atoms with Gasteiger partial charge in [0.1, 0.15) is 16.3 Å². The molecule has 2 aromatic carbocycles. The van der Waals surface area contributed by atoms with E-state index in [2.05, 4.69) is 4.98 Å².